The summed E-state index contributed by atoms with van der Waals surface area (Å²) in [5.41, 5.74) is 2.04. The number of carboxylic acids is 1. The van der Waals surface area contributed by atoms with Crippen LogP contribution in [0.4, 0.5) is 0 Å². The van der Waals surface area contributed by atoms with E-state index in [1.807, 2.05) is 18.7 Å². The van der Waals surface area contributed by atoms with Crippen molar-refractivity contribution >= 4 is 11.9 Å². The smallest absolute Gasteiger partial charge is 0.317 e. The summed E-state index contributed by atoms with van der Waals surface area (Å²) in [7, 11) is 0. The van der Waals surface area contributed by atoms with Crippen LogP contribution in [0.5, 0.6) is 0 Å². The van der Waals surface area contributed by atoms with Crippen molar-refractivity contribution < 1.29 is 14.7 Å². The van der Waals surface area contributed by atoms with Gasteiger partial charge < -0.3 is 10.0 Å². The molecule has 0 radical (unpaired) electrons. The summed E-state index contributed by atoms with van der Waals surface area (Å²) in [5, 5.41) is 16.9. The summed E-state index contributed by atoms with van der Waals surface area (Å²) in [6.07, 6.45) is 0.660. The van der Waals surface area contributed by atoms with Gasteiger partial charge in [-0.3, -0.25) is 14.5 Å². The van der Waals surface area contributed by atoms with Crippen LogP contribution in [0.1, 0.15) is 28.7 Å². The number of rotatable bonds is 4. The van der Waals surface area contributed by atoms with E-state index >= 15 is 0 Å². The van der Waals surface area contributed by atoms with Crippen LogP contribution >= 0.6 is 0 Å². The maximum atomic E-state index is 12.6. The Morgan fingerprint density at radius 3 is 2.48 bits per heavy atom. The first kappa shape index (κ1) is 15.4. The zero-order valence-corrected chi connectivity index (χ0v) is 12.4. The lowest BCUT2D eigenvalue weighted by atomic mass is 10.1. The molecule has 2 heterocycles. The zero-order chi connectivity index (χ0) is 15.4. The summed E-state index contributed by atoms with van der Waals surface area (Å²) in [5.74, 6) is -0.878. The molecule has 1 N–H and O–H groups in total. The summed E-state index contributed by atoms with van der Waals surface area (Å²) in [4.78, 5) is 26.9. The average molecular weight is 292 g/mol. The molecule has 114 valence electrons. The number of piperazine rings is 1. The second-order valence-electron chi connectivity index (χ2n) is 5.16. The van der Waals surface area contributed by atoms with Gasteiger partial charge in [0.05, 0.1) is 23.5 Å². The lowest BCUT2D eigenvalue weighted by molar-refractivity contribution is -0.138. The van der Waals surface area contributed by atoms with Crippen LogP contribution in [0.2, 0.25) is 0 Å². The van der Waals surface area contributed by atoms with Gasteiger partial charge in [0.2, 0.25) is 0 Å². The first-order valence-corrected chi connectivity index (χ1v) is 7.08. The molecular weight excluding hydrogens is 272 g/mol. The highest BCUT2D eigenvalue weighted by Gasteiger charge is 2.25. The van der Waals surface area contributed by atoms with Crippen molar-refractivity contribution in [1.29, 1.82) is 0 Å². The number of aryl methyl sites for hydroxylation is 2. The Morgan fingerprint density at radius 2 is 1.90 bits per heavy atom. The van der Waals surface area contributed by atoms with Crippen molar-refractivity contribution in [3.05, 3.63) is 23.0 Å². The highest BCUT2D eigenvalue weighted by atomic mass is 16.4. The van der Waals surface area contributed by atoms with Gasteiger partial charge in [0.25, 0.3) is 5.91 Å². The van der Waals surface area contributed by atoms with Gasteiger partial charge in [-0.2, -0.15) is 10.2 Å². The molecule has 7 nitrogen and oxygen atoms in total. The lowest BCUT2D eigenvalue weighted by Crippen LogP contribution is -2.50. The fourth-order valence-electron chi connectivity index (χ4n) is 2.43. The number of hydrogen-bond acceptors (Lipinski definition) is 5. The fraction of sp³-hybridized carbons (Fsp3) is 0.571. The van der Waals surface area contributed by atoms with Crippen molar-refractivity contribution in [2.24, 2.45) is 0 Å². The van der Waals surface area contributed by atoms with E-state index in [0.717, 1.165) is 5.69 Å². The highest BCUT2D eigenvalue weighted by molar-refractivity contribution is 5.95. The molecule has 7 heteroatoms. The predicted molar refractivity (Wildman–Crippen MR) is 76.1 cm³/mol. The first-order chi connectivity index (χ1) is 10.0. The number of carboxylic acid groups (broad SMARTS) is 1. The molecule has 1 aromatic rings. The van der Waals surface area contributed by atoms with Crippen LogP contribution < -0.4 is 0 Å². The normalized spacial score (nSPS) is 16.0. The third-order valence-corrected chi connectivity index (χ3v) is 3.58. The van der Waals surface area contributed by atoms with Crippen LogP contribution in [0.25, 0.3) is 0 Å². The Hall–Kier alpha value is -2.02. The second kappa shape index (κ2) is 6.62. The lowest BCUT2D eigenvalue weighted by Gasteiger charge is -2.34. The van der Waals surface area contributed by atoms with Gasteiger partial charge in [-0.05, 0) is 19.4 Å². The Balaban J connectivity index is 2.05. The minimum absolute atomic E-state index is 0.0260. The Kier molecular flexibility index (Phi) is 4.85. The van der Waals surface area contributed by atoms with E-state index in [9.17, 15) is 9.59 Å². The van der Waals surface area contributed by atoms with Crippen molar-refractivity contribution in [3.8, 4) is 0 Å². The SMILES string of the molecule is CCc1nnc(C)cc1C(=O)N1CCN(CC(=O)O)CC1. The van der Waals surface area contributed by atoms with Gasteiger partial charge in [0.1, 0.15) is 0 Å². The first-order valence-electron chi connectivity index (χ1n) is 7.08. The van der Waals surface area contributed by atoms with Crippen molar-refractivity contribution in [3.63, 3.8) is 0 Å². The molecule has 2 rings (SSSR count). The van der Waals surface area contributed by atoms with Crippen LogP contribution in [0.3, 0.4) is 0 Å². The van der Waals surface area contributed by atoms with E-state index in [1.165, 1.54) is 0 Å². The standard InChI is InChI=1S/C14H20N4O3/c1-3-12-11(8-10(2)15-16-12)14(21)18-6-4-17(5-7-18)9-13(19)20/h8H,3-7,9H2,1-2H3,(H,19,20). The van der Waals surface area contributed by atoms with E-state index in [-0.39, 0.29) is 12.5 Å². The summed E-state index contributed by atoms with van der Waals surface area (Å²) >= 11 is 0. The number of carbonyl (C=O) groups excluding carboxylic acids is 1. The summed E-state index contributed by atoms with van der Waals surface area (Å²) < 4.78 is 0. The molecule has 1 aromatic heterocycles. The van der Waals surface area contributed by atoms with E-state index in [4.69, 9.17) is 5.11 Å². The molecule has 0 bridgehead atoms. The summed E-state index contributed by atoms with van der Waals surface area (Å²) in [6, 6.07) is 1.78. The number of aromatic nitrogens is 2. The maximum Gasteiger partial charge on any atom is 0.317 e. The van der Waals surface area contributed by atoms with Gasteiger partial charge in [-0.25, -0.2) is 0 Å². The van der Waals surface area contributed by atoms with Crippen LogP contribution in [0.15, 0.2) is 6.07 Å². The van der Waals surface area contributed by atoms with E-state index < -0.39 is 5.97 Å². The van der Waals surface area contributed by atoms with Crippen LogP contribution in [-0.2, 0) is 11.2 Å². The molecule has 1 amide bonds. The van der Waals surface area contributed by atoms with E-state index in [0.29, 0.717) is 43.9 Å². The Bertz CT molecular complexity index is 539. The molecule has 1 aliphatic rings. The van der Waals surface area contributed by atoms with Gasteiger partial charge in [-0.1, -0.05) is 6.92 Å². The van der Waals surface area contributed by atoms with Crippen LogP contribution in [0, 0.1) is 6.92 Å². The molecule has 0 aliphatic carbocycles. The molecule has 21 heavy (non-hydrogen) atoms. The third-order valence-electron chi connectivity index (χ3n) is 3.58. The minimum Gasteiger partial charge on any atom is -0.480 e. The Labute approximate surface area is 123 Å². The topological polar surface area (TPSA) is 86.6 Å². The monoisotopic (exact) mass is 292 g/mol. The highest BCUT2D eigenvalue weighted by Crippen LogP contribution is 2.13. The van der Waals surface area contributed by atoms with Gasteiger partial charge in [-0.15, -0.1) is 0 Å². The molecule has 0 unspecified atom stereocenters. The van der Waals surface area contributed by atoms with E-state index in [1.54, 1.807) is 11.0 Å². The molecule has 0 spiro atoms. The zero-order valence-electron chi connectivity index (χ0n) is 12.4. The number of nitrogens with zero attached hydrogens (tertiary/aromatic N) is 4. The molecule has 1 fully saturated rings. The molecule has 1 aliphatic heterocycles. The molecule has 1 saturated heterocycles. The minimum atomic E-state index is -0.836. The number of amides is 1. The number of hydrogen-bond donors (Lipinski definition) is 1. The molecule has 0 saturated carbocycles. The molecule has 0 atom stereocenters. The van der Waals surface area contributed by atoms with Crippen molar-refractivity contribution in [2.45, 2.75) is 20.3 Å². The van der Waals surface area contributed by atoms with Crippen molar-refractivity contribution in [2.75, 3.05) is 32.7 Å². The number of carbonyl (C=O) groups is 2. The average Bonchev–Trinajstić information content (AvgIpc) is 2.46. The molecule has 0 aromatic carbocycles. The van der Waals surface area contributed by atoms with Gasteiger partial charge >= 0.3 is 5.97 Å². The van der Waals surface area contributed by atoms with E-state index in [2.05, 4.69) is 10.2 Å². The van der Waals surface area contributed by atoms with Crippen LogP contribution in [-0.4, -0.2) is 69.7 Å². The molecular formula is C14H20N4O3. The quantitative estimate of drug-likeness (QED) is 0.852. The van der Waals surface area contributed by atoms with Gasteiger partial charge in [0.15, 0.2) is 0 Å². The fourth-order valence-corrected chi connectivity index (χ4v) is 2.43. The third kappa shape index (κ3) is 3.75. The van der Waals surface area contributed by atoms with Crippen molar-refractivity contribution in [1.82, 2.24) is 20.0 Å². The largest absolute Gasteiger partial charge is 0.480 e. The second-order valence-corrected chi connectivity index (χ2v) is 5.16. The summed E-state index contributed by atoms with van der Waals surface area (Å²) in [6.45, 7) is 6.02. The number of aliphatic carboxylic acids is 1. The Morgan fingerprint density at radius 1 is 1.24 bits per heavy atom. The maximum absolute atomic E-state index is 12.6. The predicted octanol–water partition coefficient (Wildman–Crippen LogP) is 0.190. The van der Waals surface area contributed by atoms with Gasteiger partial charge in [0, 0.05) is 26.2 Å².